The van der Waals surface area contributed by atoms with E-state index in [2.05, 4.69) is 33.5 Å². The highest BCUT2D eigenvalue weighted by Crippen LogP contribution is 2.22. The molecule has 0 N–H and O–H groups in total. The van der Waals surface area contributed by atoms with Crippen LogP contribution in [-0.4, -0.2) is 16.3 Å². The van der Waals surface area contributed by atoms with Crippen LogP contribution in [0.25, 0.3) is 0 Å². The maximum Gasteiger partial charge on any atom is 0.573 e. The average molecular weight is 376 g/mol. The van der Waals surface area contributed by atoms with Gasteiger partial charge < -0.3 is 4.74 Å². The first kappa shape index (κ1) is 20.8. The predicted octanol–water partition coefficient (Wildman–Crippen LogP) is 5.68. The molecule has 0 aliphatic carbocycles. The number of rotatable bonds is 8. The number of nitrogens with zero attached hydrogens (tertiary/aromatic N) is 2. The van der Waals surface area contributed by atoms with E-state index in [9.17, 15) is 13.2 Å². The van der Waals surface area contributed by atoms with Gasteiger partial charge in [-0.25, -0.2) is 9.97 Å². The van der Waals surface area contributed by atoms with Crippen molar-refractivity contribution in [2.75, 3.05) is 0 Å². The van der Waals surface area contributed by atoms with Crippen molar-refractivity contribution >= 4 is 0 Å². The van der Waals surface area contributed by atoms with E-state index in [1.165, 1.54) is 56.4 Å². The molecule has 3 nitrogen and oxygen atoms in total. The van der Waals surface area contributed by atoms with Crippen molar-refractivity contribution in [3.05, 3.63) is 53.6 Å². The van der Waals surface area contributed by atoms with Crippen LogP contribution in [-0.2, 0) is 6.42 Å². The number of ether oxygens (including phenoxy) is 1. The van der Waals surface area contributed by atoms with Crippen LogP contribution < -0.4 is 4.74 Å². The van der Waals surface area contributed by atoms with Crippen LogP contribution in [0.15, 0.2) is 36.7 Å². The first-order chi connectivity index (χ1) is 13.0. The van der Waals surface area contributed by atoms with Gasteiger partial charge >= 0.3 is 6.36 Å². The van der Waals surface area contributed by atoms with Crippen LogP contribution in [0.4, 0.5) is 13.2 Å². The Bertz CT molecular complexity index is 744. The Kier molecular flexibility index (Phi) is 8.12. The molecule has 0 aliphatic heterocycles. The summed E-state index contributed by atoms with van der Waals surface area (Å²) in [7, 11) is 0. The lowest BCUT2D eigenvalue weighted by molar-refractivity contribution is -0.274. The molecule has 6 heteroatoms. The first-order valence-corrected chi connectivity index (χ1v) is 9.15. The normalized spacial score (nSPS) is 11.0. The molecule has 1 aromatic heterocycles. The van der Waals surface area contributed by atoms with Crippen molar-refractivity contribution in [2.24, 2.45) is 0 Å². The zero-order valence-electron chi connectivity index (χ0n) is 15.4. The van der Waals surface area contributed by atoms with Gasteiger partial charge in [0.2, 0.25) is 5.82 Å². The van der Waals surface area contributed by atoms with Gasteiger partial charge in [-0.1, -0.05) is 44.9 Å². The zero-order chi connectivity index (χ0) is 19.5. The van der Waals surface area contributed by atoms with Crippen LogP contribution in [0.2, 0.25) is 0 Å². The number of halogens is 3. The summed E-state index contributed by atoms with van der Waals surface area (Å²) in [5.74, 6) is 5.75. The topological polar surface area (TPSA) is 35.0 Å². The third-order valence-corrected chi connectivity index (χ3v) is 3.93. The van der Waals surface area contributed by atoms with Crippen LogP contribution in [0.3, 0.4) is 0 Å². The Morgan fingerprint density at radius 3 is 2.15 bits per heavy atom. The molecule has 2 aromatic rings. The predicted molar refractivity (Wildman–Crippen MR) is 98.2 cm³/mol. The molecule has 1 aromatic carbocycles. The number of benzene rings is 1. The van der Waals surface area contributed by atoms with Gasteiger partial charge in [-0.2, -0.15) is 0 Å². The molecule has 0 aliphatic rings. The van der Waals surface area contributed by atoms with E-state index in [0.29, 0.717) is 11.4 Å². The lowest BCUT2D eigenvalue weighted by Crippen LogP contribution is -2.16. The number of aromatic nitrogens is 2. The lowest BCUT2D eigenvalue weighted by Gasteiger charge is -2.07. The van der Waals surface area contributed by atoms with Gasteiger partial charge in [-0.05, 0) is 48.6 Å². The Morgan fingerprint density at radius 2 is 1.52 bits per heavy atom. The number of alkyl halides is 3. The SMILES string of the molecule is CCCCCCCCc1cnc(C#Cc2ccc(OC(F)(F)F)cc2)nc1. The summed E-state index contributed by atoms with van der Waals surface area (Å²) >= 11 is 0. The van der Waals surface area contributed by atoms with Crippen LogP contribution in [0, 0.1) is 11.8 Å². The minimum absolute atomic E-state index is 0.275. The van der Waals surface area contributed by atoms with Crippen molar-refractivity contribution in [1.29, 1.82) is 0 Å². The van der Waals surface area contributed by atoms with Crippen molar-refractivity contribution in [1.82, 2.24) is 9.97 Å². The highest BCUT2D eigenvalue weighted by Gasteiger charge is 2.30. The third-order valence-electron chi connectivity index (χ3n) is 3.93. The number of hydrogen-bond acceptors (Lipinski definition) is 3. The molecule has 0 saturated heterocycles. The smallest absolute Gasteiger partial charge is 0.406 e. The van der Waals surface area contributed by atoms with Crippen LogP contribution in [0.1, 0.15) is 62.4 Å². The standard InChI is InChI=1S/C21H23F3N2O/c1-2-3-4-5-6-7-8-18-15-25-20(26-16-18)14-11-17-9-12-19(13-10-17)27-21(22,23)24/h9-10,12-13,15-16H,2-8H2,1H3. The Morgan fingerprint density at radius 1 is 0.889 bits per heavy atom. The fourth-order valence-corrected chi connectivity index (χ4v) is 2.53. The van der Waals surface area contributed by atoms with Crippen molar-refractivity contribution in [3.8, 4) is 17.6 Å². The van der Waals surface area contributed by atoms with E-state index in [-0.39, 0.29) is 5.75 Å². The Hall–Kier alpha value is -2.55. The van der Waals surface area contributed by atoms with Gasteiger partial charge in [0, 0.05) is 18.0 Å². The summed E-state index contributed by atoms with van der Waals surface area (Å²) in [5.41, 5.74) is 1.65. The van der Waals surface area contributed by atoms with Gasteiger partial charge in [0.15, 0.2) is 0 Å². The highest BCUT2D eigenvalue weighted by atomic mass is 19.4. The first-order valence-electron chi connectivity index (χ1n) is 9.15. The summed E-state index contributed by atoms with van der Waals surface area (Å²) in [4.78, 5) is 8.46. The van der Waals surface area contributed by atoms with Crippen LogP contribution >= 0.6 is 0 Å². The molecule has 0 fully saturated rings. The Labute approximate surface area is 158 Å². The monoisotopic (exact) mass is 376 g/mol. The zero-order valence-corrected chi connectivity index (χ0v) is 15.4. The highest BCUT2D eigenvalue weighted by molar-refractivity contribution is 5.41. The molecule has 0 bridgehead atoms. The molecule has 0 radical (unpaired) electrons. The second-order valence-electron chi connectivity index (χ2n) is 6.25. The molecular formula is C21H23F3N2O. The average Bonchev–Trinajstić information content (AvgIpc) is 2.64. The quantitative estimate of drug-likeness (QED) is 0.439. The molecule has 27 heavy (non-hydrogen) atoms. The van der Waals surface area contributed by atoms with E-state index < -0.39 is 6.36 Å². The summed E-state index contributed by atoms with van der Waals surface area (Å²) < 4.78 is 40.2. The molecular weight excluding hydrogens is 353 g/mol. The number of hydrogen-bond donors (Lipinski definition) is 0. The number of unbranched alkanes of at least 4 members (excludes halogenated alkanes) is 5. The molecule has 0 atom stereocenters. The van der Waals surface area contributed by atoms with E-state index in [1.54, 1.807) is 12.4 Å². The summed E-state index contributed by atoms with van der Waals surface area (Å²) in [5, 5.41) is 0. The maximum atomic E-state index is 12.1. The second kappa shape index (κ2) is 10.6. The lowest BCUT2D eigenvalue weighted by atomic mass is 10.1. The molecule has 1 heterocycles. The van der Waals surface area contributed by atoms with E-state index in [4.69, 9.17) is 0 Å². The van der Waals surface area contributed by atoms with Crippen molar-refractivity contribution in [3.63, 3.8) is 0 Å². The van der Waals surface area contributed by atoms with Crippen LogP contribution in [0.5, 0.6) is 5.75 Å². The summed E-state index contributed by atoms with van der Waals surface area (Å²) in [6.07, 6.45) is 7.29. The molecule has 144 valence electrons. The van der Waals surface area contributed by atoms with Gasteiger partial charge in [-0.3, -0.25) is 0 Å². The minimum Gasteiger partial charge on any atom is -0.406 e. The minimum atomic E-state index is -4.70. The summed E-state index contributed by atoms with van der Waals surface area (Å²) in [6, 6.07) is 5.37. The van der Waals surface area contributed by atoms with Crippen molar-refractivity contribution < 1.29 is 17.9 Å². The van der Waals surface area contributed by atoms with E-state index >= 15 is 0 Å². The molecule has 2 rings (SSSR count). The summed E-state index contributed by atoms with van der Waals surface area (Å²) in [6.45, 7) is 2.21. The molecule has 0 unspecified atom stereocenters. The fraction of sp³-hybridized carbons (Fsp3) is 0.429. The van der Waals surface area contributed by atoms with Gasteiger partial charge in [0.05, 0.1) is 0 Å². The fourth-order valence-electron chi connectivity index (χ4n) is 2.53. The van der Waals surface area contributed by atoms with Gasteiger partial charge in [0.25, 0.3) is 0 Å². The van der Waals surface area contributed by atoms with Crippen molar-refractivity contribution in [2.45, 2.75) is 58.2 Å². The molecule has 0 saturated carbocycles. The maximum absolute atomic E-state index is 12.1. The van der Waals surface area contributed by atoms with Gasteiger partial charge in [0.1, 0.15) is 5.75 Å². The second-order valence-corrected chi connectivity index (χ2v) is 6.25. The Balaban J connectivity index is 1.82. The largest absolute Gasteiger partial charge is 0.573 e. The van der Waals surface area contributed by atoms with Gasteiger partial charge in [-0.15, -0.1) is 13.2 Å². The van der Waals surface area contributed by atoms with E-state index in [0.717, 1.165) is 18.4 Å². The van der Waals surface area contributed by atoms with E-state index in [1.807, 2.05) is 0 Å². The third kappa shape index (κ3) is 8.59. The number of aryl methyl sites for hydroxylation is 1. The molecule has 0 spiro atoms. The molecule has 0 amide bonds.